The first kappa shape index (κ1) is 15.3. The average Bonchev–Trinajstić information content (AvgIpc) is 2.55. The summed E-state index contributed by atoms with van der Waals surface area (Å²) < 4.78 is 0. The first-order chi connectivity index (χ1) is 10.3. The maximum Gasteiger partial charge on any atom is 0.0429 e. The number of hydrogen-bond donors (Lipinski definition) is 0. The van der Waals surface area contributed by atoms with Crippen molar-refractivity contribution in [2.75, 3.05) is 24.5 Å². The van der Waals surface area contributed by atoms with Gasteiger partial charge in [-0.1, -0.05) is 42.5 Å². The summed E-state index contributed by atoms with van der Waals surface area (Å²) in [5.41, 5.74) is 3.78. The molecule has 0 atom stereocenters. The highest BCUT2D eigenvalue weighted by molar-refractivity contribution is 5.80. The van der Waals surface area contributed by atoms with Gasteiger partial charge < -0.3 is 4.90 Å². The van der Waals surface area contributed by atoms with Gasteiger partial charge in [0.2, 0.25) is 0 Å². The molecule has 2 nitrogen and oxygen atoms in total. The zero-order valence-electron chi connectivity index (χ0n) is 13.0. The molecule has 2 aromatic rings. The van der Waals surface area contributed by atoms with E-state index >= 15 is 0 Å². The average molecular weight is 280 g/mol. The molecule has 0 fully saturated rings. The Morgan fingerprint density at radius 3 is 2.19 bits per heavy atom. The Morgan fingerprint density at radius 2 is 1.57 bits per heavy atom. The summed E-state index contributed by atoms with van der Waals surface area (Å²) in [4.78, 5) is 6.86. The maximum atomic E-state index is 4.51. The number of rotatable bonds is 7. The quantitative estimate of drug-likeness (QED) is 0.694. The van der Waals surface area contributed by atoms with Crippen LogP contribution in [0.25, 0.3) is 0 Å². The van der Waals surface area contributed by atoms with Crippen LogP contribution in [-0.2, 0) is 6.42 Å². The van der Waals surface area contributed by atoms with Crippen LogP contribution in [0.4, 0.5) is 5.69 Å². The van der Waals surface area contributed by atoms with Gasteiger partial charge in [-0.2, -0.15) is 0 Å². The van der Waals surface area contributed by atoms with E-state index in [1.165, 1.54) is 16.8 Å². The number of nitrogens with zero attached hydrogens (tertiary/aromatic N) is 2. The molecular weight excluding hydrogens is 256 g/mol. The molecule has 2 aromatic carbocycles. The molecule has 0 N–H and O–H groups in total. The molecule has 0 radical (unpaired) electrons. The Kier molecular flexibility index (Phi) is 6.01. The zero-order valence-corrected chi connectivity index (χ0v) is 13.0. The topological polar surface area (TPSA) is 15.6 Å². The summed E-state index contributed by atoms with van der Waals surface area (Å²) >= 11 is 0. The number of anilines is 1. The molecule has 2 heteroatoms. The van der Waals surface area contributed by atoms with Gasteiger partial charge in [0.1, 0.15) is 0 Å². The Balaban J connectivity index is 1.87. The lowest BCUT2D eigenvalue weighted by atomic mass is 10.1. The fraction of sp³-hybridized carbons (Fsp3) is 0.316. The Labute approximate surface area is 128 Å². The number of hydrogen-bond acceptors (Lipinski definition) is 2. The minimum Gasteiger partial charge on any atom is -0.372 e. The van der Waals surface area contributed by atoms with Crippen LogP contribution in [0.2, 0.25) is 0 Å². The van der Waals surface area contributed by atoms with E-state index in [1.807, 2.05) is 12.3 Å². The highest BCUT2D eigenvalue weighted by Gasteiger charge is 2.00. The van der Waals surface area contributed by atoms with Gasteiger partial charge in [0, 0.05) is 31.5 Å². The van der Waals surface area contributed by atoms with Crippen molar-refractivity contribution in [2.24, 2.45) is 4.99 Å². The van der Waals surface area contributed by atoms with Crippen molar-refractivity contribution in [2.45, 2.75) is 20.3 Å². The molecule has 0 heterocycles. The van der Waals surface area contributed by atoms with Gasteiger partial charge in [0.05, 0.1) is 0 Å². The summed E-state index contributed by atoms with van der Waals surface area (Å²) in [7, 11) is 0. The second-order valence-corrected chi connectivity index (χ2v) is 5.03. The molecule has 0 unspecified atom stereocenters. The SMILES string of the molecule is CCN(CC)c1ccc(C=NCCc2ccccc2)cc1. The van der Waals surface area contributed by atoms with Crippen molar-refractivity contribution >= 4 is 11.9 Å². The van der Waals surface area contributed by atoms with Crippen molar-refractivity contribution in [1.82, 2.24) is 0 Å². The largest absolute Gasteiger partial charge is 0.372 e. The monoisotopic (exact) mass is 280 g/mol. The highest BCUT2D eigenvalue weighted by Crippen LogP contribution is 2.14. The van der Waals surface area contributed by atoms with Crippen LogP contribution in [-0.4, -0.2) is 25.8 Å². The number of aliphatic imine (C=N–C) groups is 1. The third-order valence-electron chi connectivity index (χ3n) is 3.63. The molecule has 0 spiro atoms. The third-order valence-corrected chi connectivity index (χ3v) is 3.63. The van der Waals surface area contributed by atoms with E-state index in [-0.39, 0.29) is 0 Å². The van der Waals surface area contributed by atoms with Crippen LogP contribution >= 0.6 is 0 Å². The molecule has 0 saturated heterocycles. The molecule has 0 aliphatic rings. The van der Waals surface area contributed by atoms with E-state index < -0.39 is 0 Å². The molecule has 21 heavy (non-hydrogen) atoms. The van der Waals surface area contributed by atoms with Crippen molar-refractivity contribution < 1.29 is 0 Å². The zero-order chi connectivity index (χ0) is 14.9. The van der Waals surface area contributed by atoms with Gasteiger partial charge in [0.15, 0.2) is 0 Å². The summed E-state index contributed by atoms with van der Waals surface area (Å²) in [5.74, 6) is 0. The van der Waals surface area contributed by atoms with Gasteiger partial charge in [-0.25, -0.2) is 0 Å². The predicted octanol–water partition coefficient (Wildman–Crippen LogP) is 4.19. The van der Waals surface area contributed by atoms with Gasteiger partial charge in [-0.15, -0.1) is 0 Å². The van der Waals surface area contributed by atoms with E-state index in [1.54, 1.807) is 0 Å². The summed E-state index contributed by atoms with van der Waals surface area (Å²) in [6.45, 7) is 7.29. The van der Waals surface area contributed by atoms with E-state index in [9.17, 15) is 0 Å². The molecule has 0 aliphatic carbocycles. The normalized spacial score (nSPS) is 11.0. The minimum absolute atomic E-state index is 0.835. The molecule has 0 aliphatic heterocycles. The first-order valence-corrected chi connectivity index (χ1v) is 7.72. The molecule has 0 amide bonds. The van der Waals surface area contributed by atoms with Gasteiger partial charge in [0.25, 0.3) is 0 Å². The second kappa shape index (κ2) is 8.25. The standard InChI is InChI=1S/C19H24N2/c1-3-21(4-2)19-12-10-18(11-13-19)16-20-15-14-17-8-6-5-7-9-17/h5-13,16H,3-4,14-15H2,1-2H3. The van der Waals surface area contributed by atoms with Crippen molar-refractivity contribution in [1.29, 1.82) is 0 Å². The predicted molar refractivity (Wildman–Crippen MR) is 92.6 cm³/mol. The van der Waals surface area contributed by atoms with Gasteiger partial charge in [-0.05, 0) is 43.5 Å². The maximum absolute atomic E-state index is 4.51. The van der Waals surface area contributed by atoms with Crippen LogP contribution in [0, 0.1) is 0 Å². The van der Waals surface area contributed by atoms with Crippen LogP contribution in [0.5, 0.6) is 0 Å². The number of benzene rings is 2. The Bertz CT molecular complexity index is 540. The van der Waals surface area contributed by atoms with Crippen molar-refractivity contribution in [3.8, 4) is 0 Å². The van der Waals surface area contributed by atoms with E-state index in [0.29, 0.717) is 0 Å². The lowest BCUT2D eigenvalue weighted by Crippen LogP contribution is -2.21. The first-order valence-electron chi connectivity index (χ1n) is 7.72. The lowest BCUT2D eigenvalue weighted by Gasteiger charge is -2.20. The second-order valence-electron chi connectivity index (χ2n) is 5.03. The van der Waals surface area contributed by atoms with Crippen molar-refractivity contribution in [3.05, 3.63) is 65.7 Å². The summed E-state index contributed by atoms with van der Waals surface area (Å²) in [6.07, 6.45) is 2.96. The molecule has 110 valence electrons. The Morgan fingerprint density at radius 1 is 0.905 bits per heavy atom. The van der Waals surface area contributed by atoms with E-state index in [4.69, 9.17) is 0 Å². The molecule has 0 saturated carbocycles. The van der Waals surface area contributed by atoms with Gasteiger partial charge >= 0.3 is 0 Å². The minimum atomic E-state index is 0.835. The van der Waals surface area contributed by atoms with Crippen LogP contribution < -0.4 is 4.90 Å². The molecular formula is C19H24N2. The third kappa shape index (κ3) is 4.75. The van der Waals surface area contributed by atoms with E-state index in [0.717, 1.165) is 26.1 Å². The van der Waals surface area contributed by atoms with Crippen LogP contribution in [0.3, 0.4) is 0 Å². The van der Waals surface area contributed by atoms with Crippen LogP contribution in [0.15, 0.2) is 59.6 Å². The van der Waals surface area contributed by atoms with E-state index in [2.05, 4.69) is 72.3 Å². The van der Waals surface area contributed by atoms with Crippen LogP contribution in [0.1, 0.15) is 25.0 Å². The fourth-order valence-corrected chi connectivity index (χ4v) is 2.37. The Hall–Kier alpha value is -2.09. The van der Waals surface area contributed by atoms with Gasteiger partial charge in [-0.3, -0.25) is 4.99 Å². The summed E-state index contributed by atoms with van der Waals surface area (Å²) in [6, 6.07) is 19.1. The lowest BCUT2D eigenvalue weighted by molar-refractivity contribution is 0.866. The smallest absolute Gasteiger partial charge is 0.0429 e. The van der Waals surface area contributed by atoms with Crippen molar-refractivity contribution in [3.63, 3.8) is 0 Å². The molecule has 2 rings (SSSR count). The molecule has 0 bridgehead atoms. The highest BCUT2D eigenvalue weighted by atomic mass is 15.1. The summed E-state index contributed by atoms with van der Waals surface area (Å²) in [5, 5.41) is 0. The molecule has 0 aromatic heterocycles. The fourth-order valence-electron chi connectivity index (χ4n) is 2.37.